The molecule has 0 aromatic heterocycles. The van der Waals surface area contributed by atoms with Crippen molar-refractivity contribution in [3.63, 3.8) is 0 Å². The molecule has 0 bridgehead atoms. The van der Waals surface area contributed by atoms with Crippen molar-refractivity contribution in [3.05, 3.63) is 29.3 Å². The normalized spacial score (nSPS) is 9.29. The lowest BCUT2D eigenvalue weighted by molar-refractivity contribution is -0.105. The molecule has 0 atom stereocenters. The molecule has 0 radical (unpaired) electrons. The molecule has 14 heavy (non-hydrogen) atoms. The lowest BCUT2D eigenvalue weighted by Gasteiger charge is -2.09. The summed E-state index contributed by atoms with van der Waals surface area (Å²) in [4.78, 5) is 21.7. The number of nitrogens with one attached hydrogen (secondary N) is 2. The first kappa shape index (κ1) is 10.2. The van der Waals surface area contributed by atoms with Gasteiger partial charge in [-0.3, -0.25) is 9.59 Å². The Morgan fingerprint density at radius 3 is 2.71 bits per heavy atom. The van der Waals surface area contributed by atoms with Crippen LogP contribution in [0, 0.1) is 6.92 Å². The van der Waals surface area contributed by atoms with Gasteiger partial charge in [-0.05, 0) is 18.6 Å². The first-order chi connectivity index (χ1) is 6.70. The molecule has 0 fully saturated rings. The van der Waals surface area contributed by atoms with E-state index in [1.807, 2.05) is 13.0 Å². The number of aryl methyl sites for hydroxylation is 1. The number of carbonyl (C=O) groups is 2. The number of hydrogen-bond donors (Lipinski definition) is 2. The third-order valence-corrected chi connectivity index (χ3v) is 1.95. The summed E-state index contributed by atoms with van der Waals surface area (Å²) in [5.74, 6) is -0.210. The van der Waals surface area contributed by atoms with Crippen molar-refractivity contribution in [1.82, 2.24) is 5.32 Å². The molecule has 0 saturated carbocycles. The summed E-state index contributed by atoms with van der Waals surface area (Å²) in [6, 6.07) is 5.27. The van der Waals surface area contributed by atoms with Crippen molar-refractivity contribution < 1.29 is 9.59 Å². The molecule has 2 N–H and O–H groups in total. The molecule has 1 rings (SSSR count). The second kappa shape index (κ2) is 4.41. The summed E-state index contributed by atoms with van der Waals surface area (Å²) >= 11 is 0. The van der Waals surface area contributed by atoms with E-state index in [9.17, 15) is 9.59 Å². The number of hydrogen-bond acceptors (Lipinski definition) is 2. The van der Waals surface area contributed by atoms with E-state index >= 15 is 0 Å². The summed E-state index contributed by atoms with van der Waals surface area (Å²) in [6.07, 6.45) is 0.564. The van der Waals surface area contributed by atoms with Crippen LogP contribution in [-0.2, 0) is 4.79 Å². The fourth-order valence-corrected chi connectivity index (χ4v) is 1.24. The fraction of sp³-hybridized carbons (Fsp3) is 0.200. The molecule has 0 heterocycles. The summed E-state index contributed by atoms with van der Waals surface area (Å²) in [6.45, 7) is 1.83. The minimum atomic E-state index is -0.210. The van der Waals surface area contributed by atoms with Crippen molar-refractivity contribution in [2.24, 2.45) is 0 Å². The van der Waals surface area contributed by atoms with Crippen LogP contribution in [0.1, 0.15) is 15.9 Å². The first-order valence-corrected chi connectivity index (χ1v) is 4.22. The molecule has 0 aliphatic rings. The molecule has 74 valence electrons. The lowest BCUT2D eigenvalue weighted by Crippen LogP contribution is -2.19. The molecule has 1 aromatic carbocycles. The highest BCUT2D eigenvalue weighted by molar-refractivity contribution is 6.01. The molecule has 0 saturated heterocycles. The van der Waals surface area contributed by atoms with Gasteiger partial charge in [0.05, 0.1) is 11.3 Å². The van der Waals surface area contributed by atoms with E-state index in [-0.39, 0.29) is 5.91 Å². The summed E-state index contributed by atoms with van der Waals surface area (Å²) in [5, 5.41) is 5.03. The van der Waals surface area contributed by atoms with Crippen molar-refractivity contribution >= 4 is 18.0 Å². The number of carbonyl (C=O) groups excluding carboxylic acids is 2. The van der Waals surface area contributed by atoms with E-state index in [1.54, 1.807) is 19.2 Å². The molecule has 4 nitrogen and oxygen atoms in total. The van der Waals surface area contributed by atoms with Gasteiger partial charge in [-0.2, -0.15) is 0 Å². The number of anilines is 1. The zero-order chi connectivity index (χ0) is 10.6. The Balaban J connectivity index is 3.20. The molecule has 0 spiro atoms. The number of rotatable bonds is 3. The van der Waals surface area contributed by atoms with Crippen molar-refractivity contribution in [3.8, 4) is 0 Å². The van der Waals surface area contributed by atoms with Crippen molar-refractivity contribution in [2.45, 2.75) is 6.92 Å². The number of amides is 2. The Hall–Kier alpha value is -1.84. The molecule has 1 aromatic rings. The Morgan fingerprint density at radius 2 is 2.14 bits per heavy atom. The second-order valence-corrected chi connectivity index (χ2v) is 2.84. The third kappa shape index (κ3) is 1.90. The predicted molar refractivity (Wildman–Crippen MR) is 54.3 cm³/mol. The molecular formula is C10H12N2O2. The van der Waals surface area contributed by atoms with Gasteiger partial charge < -0.3 is 10.6 Å². The quantitative estimate of drug-likeness (QED) is 0.700. The van der Waals surface area contributed by atoms with Gasteiger partial charge in [-0.1, -0.05) is 12.1 Å². The van der Waals surface area contributed by atoms with Crippen LogP contribution in [0.15, 0.2) is 18.2 Å². The van der Waals surface area contributed by atoms with Gasteiger partial charge in [-0.15, -0.1) is 0 Å². The number of para-hydroxylation sites is 1. The standard InChI is InChI=1S/C10H12N2O2/c1-7-4-3-5-8(10(14)11-2)9(7)12-6-13/h3-6H,1-2H3,(H,11,14)(H,12,13). The highest BCUT2D eigenvalue weighted by Crippen LogP contribution is 2.19. The molecule has 0 aliphatic heterocycles. The summed E-state index contributed by atoms with van der Waals surface area (Å²) < 4.78 is 0. The van der Waals surface area contributed by atoms with Crippen molar-refractivity contribution in [2.75, 3.05) is 12.4 Å². The molecule has 4 heteroatoms. The zero-order valence-corrected chi connectivity index (χ0v) is 8.13. The van der Waals surface area contributed by atoms with E-state index in [4.69, 9.17) is 0 Å². The van der Waals surface area contributed by atoms with Crippen LogP contribution in [0.25, 0.3) is 0 Å². The van der Waals surface area contributed by atoms with E-state index in [0.717, 1.165) is 5.56 Å². The van der Waals surface area contributed by atoms with E-state index in [0.29, 0.717) is 17.7 Å². The largest absolute Gasteiger partial charge is 0.355 e. The summed E-state index contributed by atoms with van der Waals surface area (Å²) in [7, 11) is 1.55. The SMILES string of the molecule is CNC(=O)c1cccc(C)c1NC=O. The van der Waals surface area contributed by atoms with Gasteiger partial charge in [0.2, 0.25) is 6.41 Å². The van der Waals surface area contributed by atoms with E-state index in [1.165, 1.54) is 0 Å². The van der Waals surface area contributed by atoms with Gasteiger partial charge in [0, 0.05) is 7.05 Å². The number of benzene rings is 1. The Morgan fingerprint density at radius 1 is 1.43 bits per heavy atom. The fourth-order valence-electron chi connectivity index (χ4n) is 1.24. The van der Waals surface area contributed by atoms with Gasteiger partial charge in [0.25, 0.3) is 5.91 Å². The van der Waals surface area contributed by atoms with Crippen LogP contribution in [0.5, 0.6) is 0 Å². The average Bonchev–Trinajstić information content (AvgIpc) is 2.20. The van der Waals surface area contributed by atoms with E-state index < -0.39 is 0 Å². The van der Waals surface area contributed by atoms with Gasteiger partial charge >= 0.3 is 0 Å². The molecular weight excluding hydrogens is 180 g/mol. The topological polar surface area (TPSA) is 58.2 Å². The average molecular weight is 192 g/mol. The van der Waals surface area contributed by atoms with Crippen LogP contribution < -0.4 is 10.6 Å². The van der Waals surface area contributed by atoms with Crippen LogP contribution in [-0.4, -0.2) is 19.4 Å². The Kier molecular flexibility index (Phi) is 3.23. The monoisotopic (exact) mass is 192 g/mol. The van der Waals surface area contributed by atoms with Crippen LogP contribution in [0.2, 0.25) is 0 Å². The highest BCUT2D eigenvalue weighted by Gasteiger charge is 2.10. The Bertz CT molecular complexity index is 361. The maximum absolute atomic E-state index is 11.4. The highest BCUT2D eigenvalue weighted by atomic mass is 16.1. The summed E-state index contributed by atoms with van der Waals surface area (Å²) in [5.41, 5.74) is 1.89. The van der Waals surface area contributed by atoms with Gasteiger partial charge in [0.1, 0.15) is 0 Å². The van der Waals surface area contributed by atoms with Gasteiger partial charge in [0.15, 0.2) is 0 Å². The maximum Gasteiger partial charge on any atom is 0.253 e. The Labute approximate surface area is 82.3 Å². The molecule has 2 amide bonds. The molecule has 0 aliphatic carbocycles. The zero-order valence-electron chi connectivity index (χ0n) is 8.13. The lowest BCUT2D eigenvalue weighted by atomic mass is 10.1. The predicted octanol–water partition coefficient (Wildman–Crippen LogP) is 0.923. The van der Waals surface area contributed by atoms with Crippen LogP contribution >= 0.6 is 0 Å². The van der Waals surface area contributed by atoms with E-state index in [2.05, 4.69) is 10.6 Å². The minimum Gasteiger partial charge on any atom is -0.355 e. The maximum atomic E-state index is 11.4. The minimum absolute atomic E-state index is 0.210. The molecule has 0 unspecified atom stereocenters. The second-order valence-electron chi connectivity index (χ2n) is 2.84. The van der Waals surface area contributed by atoms with Crippen LogP contribution in [0.3, 0.4) is 0 Å². The smallest absolute Gasteiger partial charge is 0.253 e. The first-order valence-electron chi connectivity index (χ1n) is 4.22. The third-order valence-electron chi connectivity index (χ3n) is 1.95. The van der Waals surface area contributed by atoms with Crippen molar-refractivity contribution in [1.29, 1.82) is 0 Å². The van der Waals surface area contributed by atoms with Crippen LogP contribution in [0.4, 0.5) is 5.69 Å². The van der Waals surface area contributed by atoms with Gasteiger partial charge in [-0.25, -0.2) is 0 Å².